The van der Waals surface area contributed by atoms with Crippen molar-refractivity contribution in [2.75, 3.05) is 63.9 Å². The van der Waals surface area contributed by atoms with Gasteiger partial charge in [-0.1, -0.05) is 36.4 Å². The first kappa shape index (κ1) is 24.0. The Balaban J connectivity index is 1.33. The Morgan fingerprint density at radius 3 is 2.32 bits per heavy atom. The SMILES string of the molecule is O=C1CN2CCN(CC2)Cc2cc(ccc2N2CCOCC2)Cc2nccc(n2)-c2ccc(cc2)CN1. The number of hydrogen-bond donors (Lipinski definition) is 1. The molecule has 2 fully saturated rings. The lowest BCUT2D eigenvalue weighted by atomic mass is 10.0. The van der Waals surface area contributed by atoms with Crippen LogP contribution in [0.3, 0.4) is 0 Å². The number of aromatic nitrogens is 2. The molecule has 0 saturated carbocycles. The molecule has 1 amide bonds. The van der Waals surface area contributed by atoms with Crippen LogP contribution in [0.15, 0.2) is 54.7 Å². The van der Waals surface area contributed by atoms with Gasteiger partial charge in [-0.25, -0.2) is 9.97 Å². The number of nitrogens with one attached hydrogen (secondary N) is 1. The first-order valence-corrected chi connectivity index (χ1v) is 13.3. The highest BCUT2D eigenvalue weighted by molar-refractivity contribution is 5.78. The minimum absolute atomic E-state index is 0.0784. The van der Waals surface area contributed by atoms with Crippen LogP contribution in [0.5, 0.6) is 0 Å². The standard InChI is InChI=1S/C29H34N6O2/c36-29-21-34-11-9-33(10-12-34)20-25-17-23(3-6-27(25)35-13-15-37-16-14-35)18-28-30-8-7-26(32-28)24-4-1-22(2-5-24)19-31-29/h1-8,17H,9-16,18-21H2,(H,31,36). The van der Waals surface area contributed by atoms with E-state index >= 15 is 0 Å². The van der Waals surface area contributed by atoms with Crippen LogP contribution < -0.4 is 10.2 Å². The fourth-order valence-electron chi connectivity index (χ4n) is 5.42. The number of benzene rings is 2. The third-order valence-electron chi connectivity index (χ3n) is 7.53. The van der Waals surface area contributed by atoms with E-state index in [9.17, 15) is 4.79 Å². The first-order chi connectivity index (χ1) is 18.2. The number of ether oxygens (including phenoxy) is 1. The lowest BCUT2D eigenvalue weighted by Crippen LogP contribution is -2.49. The van der Waals surface area contributed by atoms with Gasteiger partial charge in [-0.15, -0.1) is 0 Å². The maximum atomic E-state index is 12.6. The molecule has 2 saturated heterocycles. The topological polar surface area (TPSA) is 73.8 Å². The monoisotopic (exact) mass is 498 g/mol. The van der Waals surface area contributed by atoms with Crippen molar-refractivity contribution < 1.29 is 9.53 Å². The summed E-state index contributed by atoms with van der Waals surface area (Å²) in [5.74, 6) is 0.900. The molecule has 3 aromatic rings. The molecule has 0 spiro atoms. The predicted molar refractivity (Wildman–Crippen MR) is 143 cm³/mol. The third kappa shape index (κ3) is 5.82. The molecule has 6 aliphatic heterocycles. The van der Waals surface area contributed by atoms with Gasteiger partial charge in [-0.05, 0) is 28.8 Å². The van der Waals surface area contributed by atoms with Crippen LogP contribution in [0, 0.1) is 0 Å². The summed E-state index contributed by atoms with van der Waals surface area (Å²) in [6, 6.07) is 17.1. The van der Waals surface area contributed by atoms with Gasteiger partial charge in [0.05, 0.1) is 25.5 Å². The minimum Gasteiger partial charge on any atom is -0.378 e. The van der Waals surface area contributed by atoms with Gasteiger partial charge in [-0.2, -0.15) is 0 Å². The highest BCUT2D eigenvalue weighted by Crippen LogP contribution is 2.26. The summed E-state index contributed by atoms with van der Waals surface area (Å²) in [6.07, 6.45) is 2.54. The summed E-state index contributed by atoms with van der Waals surface area (Å²) in [7, 11) is 0. The second kappa shape index (κ2) is 11.0. The van der Waals surface area contributed by atoms with Crippen LogP contribution in [0.25, 0.3) is 11.3 Å². The van der Waals surface area contributed by atoms with Crippen LogP contribution in [0.4, 0.5) is 5.69 Å². The fraction of sp³-hybridized carbons (Fsp3) is 0.414. The molecule has 0 aliphatic carbocycles. The van der Waals surface area contributed by atoms with Crippen LogP contribution in [-0.4, -0.2) is 84.7 Å². The molecule has 7 heterocycles. The third-order valence-corrected chi connectivity index (χ3v) is 7.53. The fourth-order valence-corrected chi connectivity index (χ4v) is 5.42. The van der Waals surface area contributed by atoms with Gasteiger partial charge in [-0.3, -0.25) is 14.6 Å². The van der Waals surface area contributed by atoms with Crippen LogP contribution in [0.2, 0.25) is 0 Å². The number of anilines is 1. The zero-order valence-corrected chi connectivity index (χ0v) is 21.2. The largest absolute Gasteiger partial charge is 0.378 e. The van der Waals surface area contributed by atoms with Gasteiger partial charge in [0.1, 0.15) is 5.82 Å². The van der Waals surface area contributed by atoms with Gasteiger partial charge in [0.25, 0.3) is 0 Å². The Hall–Kier alpha value is -3.33. The normalized spacial score (nSPS) is 22.5. The van der Waals surface area contributed by atoms with Crippen molar-refractivity contribution in [1.82, 2.24) is 25.1 Å². The molecular formula is C29H34N6O2. The Labute approximate surface area is 218 Å². The van der Waals surface area contributed by atoms with Crippen molar-refractivity contribution in [3.63, 3.8) is 0 Å². The van der Waals surface area contributed by atoms with Crippen molar-refractivity contribution in [2.45, 2.75) is 19.5 Å². The number of carbonyl (C=O) groups is 1. The molecule has 37 heavy (non-hydrogen) atoms. The van der Waals surface area contributed by atoms with Crippen molar-refractivity contribution >= 4 is 11.6 Å². The maximum absolute atomic E-state index is 12.6. The number of piperazine rings is 1. The number of morpholine rings is 1. The molecule has 6 aliphatic rings. The van der Waals surface area contributed by atoms with E-state index in [0.29, 0.717) is 19.5 Å². The number of hydrogen-bond acceptors (Lipinski definition) is 7. The summed E-state index contributed by atoms with van der Waals surface area (Å²) in [5, 5.41) is 3.08. The Morgan fingerprint density at radius 2 is 1.54 bits per heavy atom. The number of carbonyl (C=O) groups excluding carboxylic acids is 1. The molecule has 9 rings (SSSR count). The quantitative estimate of drug-likeness (QED) is 0.552. The van der Waals surface area contributed by atoms with E-state index in [1.807, 2.05) is 12.3 Å². The van der Waals surface area contributed by atoms with Crippen LogP contribution in [-0.2, 0) is 29.0 Å². The van der Waals surface area contributed by atoms with Crippen molar-refractivity contribution in [1.29, 1.82) is 0 Å². The number of amides is 1. The van der Waals surface area contributed by atoms with E-state index in [1.165, 1.54) is 16.8 Å². The highest BCUT2D eigenvalue weighted by Gasteiger charge is 2.22. The zero-order valence-electron chi connectivity index (χ0n) is 21.2. The van der Waals surface area contributed by atoms with Crippen molar-refractivity contribution in [2.24, 2.45) is 0 Å². The molecule has 192 valence electrons. The van der Waals surface area contributed by atoms with Gasteiger partial charge in [0.15, 0.2) is 0 Å². The smallest absolute Gasteiger partial charge is 0.234 e. The van der Waals surface area contributed by atoms with E-state index in [-0.39, 0.29) is 5.91 Å². The molecule has 0 radical (unpaired) electrons. The van der Waals surface area contributed by atoms with Gasteiger partial charge >= 0.3 is 0 Å². The molecule has 1 aromatic heterocycles. The summed E-state index contributed by atoms with van der Waals surface area (Å²) in [4.78, 5) is 29.3. The van der Waals surface area contributed by atoms with E-state index in [2.05, 4.69) is 67.5 Å². The molecule has 0 atom stereocenters. The molecule has 2 aromatic carbocycles. The summed E-state index contributed by atoms with van der Waals surface area (Å²) >= 11 is 0. The molecule has 8 heteroatoms. The number of nitrogens with zero attached hydrogens (tertiary/aromatic N) is 5. The summed E-state index contributed by atoms with van der Waals surface area (Å²) in [6.45, 7) is 8.94. The lowest BCUT2D eigenvalue weighted by molar-refractivity contribution is -0.122. The molecular weight excluding hydrogens is 464 g/mol. The van der Waals surface area contributed by atoms with Crippen LogP contribution >= 0.6 is 0 Å². The highest BCUT2D eigenvalue weighted by atomic mass is 16.5. The Kier molecular flexibility index (Phi) is 7.12. The Bertz CT molecular complexity index is 1230. The van der Waals surface area contributed by atoms with Crippen molar-refractivity contribution in [3.8, 4) is 11.3 Å². The second-order valence-electron chi connectivity index (χ2n) is 10.1. The van der Waals surface area contributed by atoms with E-state index in [0.717, 1.165) is 81.7 Å². The van der Waals surface area contributed by atoms with E-state index in [1.54, 1.807) is 0 Å². The van der Waals surface area contributed by atoms with Gasteiger partial charge in [0.2, 0.25) is 5.91 Å². The van der Waals surface area contributed by atoms with Crippen LogP contribution in [0.1, 0.15) is 22.5 Å². The second-order valence-corrected chi connectivity index (χ2v) is 10.1. The summed E-state index contributed by atoms with van der Waals surface area (Å²) < 4.78 is 5.61. The molecule has 8 nitrogen and oxygen atoms in total. The van der Waals surface area contributed by atoms with Gasteiger partial charge < -0.3 is 15.0 Å². The molecule has 8 bridgehead atoms. The first-order valence-electron chi connectivity index (χ1n) is 13.3. The summed E-state index contributed by atoms with van der Waals surface area (Å²) in [5.41, 5.74) is 6.91. The minimum atomic E-state index is 0.0784. The molecule has 1 N–H and O–H groups in total. The Morgan fingerprint density at radius 1 is 0.811 bits per heavy atom. The average molecular weight is 499 g/mol. The van der Waals surface area contributed by atoms with Crippen molar-refractivity contribution in [3.05, 3.63) is 77.2 Å². The molecule has 0 unspecified atom stereocenters. The van der Waals surface area contributed by atoms with E-state index in [4.69, 9.17) is 9.72 Å². The maximum Gasteiger partial charge on any atom is 0.234 e. The van der Waals surface area contributed by atoms with E-state index < -0.39 is 0 Å². The van der Waals surface area contributed by atoms with Gasteiger partial charge in [0, 0.05) is 76.2 Å². The number of rotatable bonds is 1. The zero-order chi connectivity index (χ0) is 25.0. The lowest BCUT2D eigenvalue weighted by Gasteiger charge is -2.36. The average Bonchev–Trinajstić information content (AvgIpc) is 2.94. The predicted octanol–water partition coefficient (Wildman–Crippen LogP) is 2.32.